The number of aromatic hydroxyl groups is 2. The average Bonchev–Trinajstić information content (AvgIpc) is 3.14. The van der Waals surface area contributed by atoms with Crippen molar-refractivity contribution in [3.63, 3.8) is 0 Å². The van der Waals surface area contributed by atoms with Crippen LogP contribution >= 0.6 is 0 Å². The number of benzene rings is 3. The molecule has 6 nitrogen and oxygen atoms in total. The van der Waals surface area contributed by atoms with Crippen molar-refractivity contribution < 1.29 is 20.1 Å². The Morgan fingerprint density at radius 2 is 1.21 bits per heavy atom. The second-order valence-corrected chi connectivity index (χ2v) is 6.29. The third-order valence-electron chi connectivity index (χ3n) is 4.41. The fourth-order valence-electron chi connectivity index (χ4n) is 2.95. The second-order valence-electron chi connectivity index (χ2n) is 6.29. The maximum atomic E-state index is 11.1. The van der Waals surface area contributed by atoms with E-state index < -0.39 is 5.97 Å². The van der Waals surface area contributed by atoms with E-state index in [1.807, 2.05) is 0 Å². The molecule has 0 aliphatic heterocycles. The van der Waals surface area contributed by atoms with Crippen molar-refractivity contribution >= 4 is 5.97 Å². The topological polar surface area (TPSA) is 106 Å². The molecule has 0 fully saturated rings. The molecule has 0 bridgehead atoms. The molecule has 0 aliphatic carbocycles. The molecule has 0 saturated carbocycles. The molecule has 4 N–H and O–H groups in total. The van der Waals surface area contributed by atoms with Gasteiger partial charge in [0.2, 0.25) is 0 Å². The summed E-state index contributed by atoms with van der Waals surface area (Å²) >= 11 is 0. The van der Waals surface area contributed by atoms with Gasteiger partial charge < -0.3 is 20.3 Å². The van der Waals surface area contributed by atoms with Gasteiger partial charge in [-0.15, -0.1) is 0 Å². The summed E-state index contributed by atoms with van der Waals surface area (Å²) in [6.45, 7) is 0. The van der Waals surface area contributed by atoms with Gasteiger partial charge in [-0.1, -0.05) is 12.1 Å². The lowest BCUT2D eigenvalue weighted by molar-refractivity contribution is 0.0697. The summed E-state index contributed by atoms with van der Waals surface area (Å²) < 4.78 is 0. The number of rotatable bonds is 4. The average molecular weight is 372 g/mol. The first-order valence-corrected chi connectivity index (χ1v) is 8.54. The van der Waals surface area contributed by atoms with Gasteiger partial charge in [0.1, 0.15) is 17.3 Å². The highest BCUT2D eigenvalue weighted by Gasteiger charge is 2.16. The second kappa shape index (κ2) is 6.92. The van der Waals surface area contributed by atoms with Crippen LogP contribution in [0.3, 0.4) is 0 Å². The van der Waals surface area contributed by atoms with E-state index in [1.165, 1.54) is 12.1 Å². The molecule has 28 heavy (non-hydrogen) atoms. The molecule has 0 radical (unpaired) electrons. The smallest absolute Gasteiger partial charge is 0.335 e. The summed E-state index contributed by atoms with van der Waals surface area (Å²) in [5.74, 6) is -0.0717. The number of aromatic carboxylic acids is 1. The molecule has 0 saturated heterocycles. The summed E-state index contributed by atoms with van der Waals surface area (Å²) in [5, 5.41) is 28.2. The Bertz CT molecular complexity index is 1070. The maximum Gasteiger partial charge on any atom is 0.335 e. The molecular formula is C22H16N2O4. The molecule has 138 valence electrons. The van der Waals surface area contributed by atoms with Crippen molar-refractivity contribution in [3.8, 4) is 45.4 Å². The van der Waals surface area contributed by atoms with E-state index in [4.69, 9.17) is 10.1 Å². The van der Waals surface area contributed by atoms with Crippen molar-refractivity contribution in [3.05, 3.63) is 78.4 Å². The minimum Gasteiger partial charge on any atom is -0.508 e. The van der Waals surface area contributed by atoms with E-state index in [0.29, 0.717) is 11.5 Å². The van der Waals surface area contributed by atoms with Crippen LogP contribution < -0.4 is 0 Å². The molecular weight excluding hydrogens is 356 g/mol. The highest BCUT2D eigenvalue weighted by Crippen LogP contribution is 2.34. The fraction of sp³-hybridized carbons (Fsp3) is 0. The Kier molecular flexibility index (Phi) is 4.29. The van der Waals surface area contributed by atoms with E-state index in [1.54, 1.807) is 60.7 Å². The number of phenols is 2. The zero-order chi connectivity index (χ0) is 19.7. The van der Waals surface area contributed by atoms with Crippen LogP contribution in [-0.2, 0) is 0 Å². The third-order valence-corrected chi connectivity index (χ3v) is 4.41. The molecule has 4 rings (SSSR count). The molecule has 0 aliphatic rings. The van der Waals surface area contributed by atoms with Gasteiger partial charge in [0.15, 0.2) is 0 Å². The molecule has 0 spiro atoms. The van der Waals surface area contributed by atoms with Crippen LogP contribution in [0.2, 0.25) is 0 Å². The SMILES string of the molecule is O=C(O)c1ccc(-c2nc(-c3ccc(O)cc3)c(-c3ccc(O)cc3)[nH]2)cc1. The van der Waals surface area contributed by atoms with E-state index in [2.05, 4.69) is 4.98 Å². The number of imidazole rings is 1. The number of aromatic nitrogens is 2. The molecule has 0 atom stereocenters. The van der Waals surface area contributed by atoms with Gasteiger partial charge in [0, 0.05) is 16.7 Å². The quantitative estimate of drug-likeness (QED) is 0.421. The number of aromatic amines is 1. The molecule has 6 heteroatoms. The normalized spacial score (nSPS) is 10.7. The summed E-state index contributed by atoms with van der Waals surface area (Å²) in [6, 6.07) is 19.9. The molecule has 3 aromatic carbocycles. The zero-order valence-electron chi connectivity index (χ0n) is 14.6. The summed E-state index contributed by atoms with van der Waals surface area (Å²) in [4.78, 5) is 19.1. The highest BCUT2D eigenvalue weighted by molar-refractivity contribution is 5.88. The van der Waals surface area contributed by atoms with Crippen molar-refractivity contribution in [1.82, 2.24) is 9.97 Å². The number of phenolic OH excluding ortho intramolecular Hbond substituents is 2. The van der Waals surface area contributed by atoms with Gasteiger partial charge in [-0.3, -0.25) is 0 Å². The summed E-state index contributed by atoms with van der Waals surface area (Å²) in [7, 11) is 0. The fourth-order valence-corrected chi connectivity index (χ4v) is 2.95. The van der Waals surface area contributed by atoms with E-state index >= 15 is 0 Å². The molecule has 1 heterocycles. The lowest BCUT2D eigenvalue weighted by Gasteiger charge is -2.04. The van der Waals surface area contributed by atoms with Crippen molar-refractivity contribution in [2.45, 2.75) is 0 Å². The number of nitrogens with one attached hydrogen (secondary N) is 1. The Morgan fingerprint density at radius 3 is 1.75 bits per heavy atom. The minimum atomic E-state index is -0.986. The Morgan fingerprint density at radius 1 is 0.714 bits per heavy atom. The van der Waals surface area contributed by atoms with Crippen molar-refractivity contribution in [2.75, 3.05) is 0 Å². The predicted octanol–water partition coefficient (Wildman–Crippen LogP) is 4.52. The van der Waals surface area contributed by atoms with E-state index in [9.17, 15) is 15.0 Å². The van der Waals surface area contributed by atoms with Crippen LogP contribution in [0, 0.1) is 0 Å². The van der Waals surface area contributed by atoms with Crippen LogP contribution in [-0.4, -0.2) is 31.3 Å². The van der Waals surface area contributed by atoms with Crippen molar-refractivity contribution in [2.24, 2.45) is 0 Å². The Balaban J connectivity index is 1.84. The van der Waals surface area contributed by atoms with Gasteiger partial charge in [-0.05, 0) is 60.7 Å². The third kappa shape index (κ3) is 3.31. The molecule has 0 unspecified atom stereocenters. The molecule has 0 amide bonds. The number of nitrogens with zero attached hydrogens (tertiary/aromatic N) is 1. The number of carbonyl (C=O) groups is 1. The number of hydrogen-bond acceptors (Lipinski definition) is 4. The number of H-pyrrole nitrogens is 1. The van der Waals surface area contributed by atoms with Gasteiger partial charge in [-0.25, -0.2) is 9.78 Å². The van der Waals surface area contributed by atoms with Crippen LogP contribution in [0.5, 0.6) is 11.5 Å². The van der Waals surface area contributed by atoms with Crippen LogP contribution in [0.15, 0.2) is 72.8 Å². The number of carboxylic acid groups (broad SMARTS) is 1. The van der Waals surface area contributed by atoms with E-state index in [-0.39, 0.29) is 17.1 Å². The zero-order valence-corrected chi connectivity index (χ0v) is 14.6. The van der Waals surface area contributed by atoms with Gasteiger partial charge >= 0.3 is 5.97 Å². The predicted molar refractivity (Wildman–Crippen MR) is 105 cm³/mol. The maximum absolute atomic E-state index is 11.1. The Labute approximate surface area is 160 Å². The summed E-state index contributed by atoms with van der Waals surface area (Å²) in [6.07, 6.45) is 0. The molecule has 1 aromatic heterocycles. The first kappa shape index (κ1) is 17.4. The van der Waals surface area contributed by atoms with Crippen molar-refractivity contribution in [1.29, 1.82) is 0 Å². The monoisotopic (exact) mass is 372 g/mol. The van der Waals surface area contributed by atoms with Gasteiger partial charge in [-0.2, -0.15) is 0 Å². The largest absolute Gasteiger partial charge is 0.508 e. The number of hydrogen-bond donors (Lipinski definition) is 4. The minimum absolute atomic E-state index is 0.162. The first-order valence-electron chi connectivity index (χ1n) is 8.54. The number of carboxylic acids is 1. The van der Waals surface area contributed by atoms with Crippen LogP contribution in [0.25, 0.3) is 33.9 Å². The van der Waals surface area contributed by atoms with Gasteiger partial charge in [0.05, 0.1) is 17.0 Å². The van der Waals surface area contributed by atoms with E-state index in [0.717, 1.165) is 22.4 Å². The molecule has 4 aromatic rings. The lowest BCUT2D eigenvalue weighted by atomic mass is 10.0. The lowest BCUT2D eigenvalue weighted by Crippen LogP contribution is -1.95. The van der Waals surface area contributed by atoms with Crippen LogP contribution in [0.1, 0.15) is 10.4 Å². The summed E-state index contributed by atoms with van der Waals surface area (Å²) in [5.41, 5.74) is 4.03. The van der Waals surface area contributed by atoms with Crippen LogP contribution in [0.4, 0.5) is 0 Å². The highest BCUT2D eigenvalue weighted by atomic mass is 16.4. The van der Waals surface area contributed by atoms with Gasteiger partial charge in [0.25, 0.3) is 0 Å². The first-order chi connectivity index (χ1) is 13.5. The Hall–Kier alpha value is -4.06. The standard InChI is InChI=1S/C22H16N2O4/c25-17-9-5-13(6-10-17)19-20(14-7-11-18(26)12-8-14)24-21(23-19)15-1-3-16(4-2-15)22(27)28/h1-12,25-26H,(H,23,24)(H,27,28).